The lowest BCUT2D eigenvalue weighted by Gasteiger charge is -2.33. The Morgan fingerprint density at radius 1 is 1.22 bits per heavy atom. The molecule has 3 heterocycles. The summed E-state index contributed by atoms with van der Waals surface area (Å²) in [6, 6.07) is 1.86. The van der Waals surface area contributed by atoms with Gasteiger partial charge in [0.15, 0.2) is 5.96 Å². The molecule has 1 aromatic rings. The van der Waals surface area contributed by atoms with E-state index in [1.165, 1.54) is 25.7 Å². The minimum atomic E-state index is 0.537. The van der Waals surface area contributed by atoms with Gasteiger partial charge in [-0.2, -0.15) is 0 Å². The molecule has 6 heteroatoms. The van der Waals surface area contributed by atoms with Gasteiger partial charge in [0.25, 0.3) is 0 Å². The van der Waals surface area contributed by atoms with Crippen molar-refractivity contribution in [2.75, 3.05) is 37.6 Å². The fourth-order valence-electron chi connectivity index (χ4n) is 3.41. The molecule has 0 aliphatic carbocycles. The molecule has 2 fully saturated rings. The molecule has 0 aromatic carbocycles. The van der Waals surface area contributed by atoms with Gasteiger partial charge < -0.3 is 15.5 Å². The Kier molecular flexibility index (Phi) is 5.31. The summed E-state index contributed by atoms with van der Waals surface area (Å²) in [5.41, 5.74) is 6.19. The van der Waals surface area contributed by atoms with E-state index in [1.54, 1.807) is 12.4 Å². The number of hydrogen-bond donors (Lipinski definition) is 1. The highest BCUT2D eigenvalue weighted by Crippen LogP contribution is 2.20. The van der Waals surface area contributed by atoms with Gasteiger partial charge in [-0.3, -0.25) is 4.99 Å². The Balaban J connectivity index is 1.52. The van der Waals surface area contributed by atoms with Gasteiger partial charge in [0.2, 0.25) is 5.95 Å². The van der Waals surface area contributed by atoms with Crippen LogP contribution in [0.4, 0.5) is 5.95 Å². The van der Waals surface area contributed by atoms with E-state index in [4.69, 9.17) is 5.73 Å². The van der Waals surface area contributed by atoms with Crippen LogP contribution in [0, 0.1) is 11.8 Å². The van der Waals surface area contributed by atoms with E-state index in [0.29, 0.717) is 5.92 Å². The first-order valence-corrected chi connectivity index (χ1v) is 8.79. The third kappa shape index (κ3) is 4.33. The van der Waals surface area contributed by atoms with Crippen LogP contribution in [0.1, 0.15) is 32.6 Å². The molecule has 2 N–H and O–H groups in total. The first-order valence-electron chi connectivity index (χ1n) is 8.79. The number of piperidine rings is 2. The van der Waals surface area contributed by atoms with Crippen molar-refractivity contribution in [3.8, 4) is 0 Å². The molecule has 1 atom stereocenters. The van der Waals surface area contributed by atoms with Gasteiger partial charge in [0.05, 0.1) is 0 Å². The molecule has 0 unspecified atom stereocenters. The molecule has 6 nitrogen and oxygen atoms in total. The summed E-state index contributed by atoms with van der Waals surface area (Å²) in [6.45, 7) is 7.21. The number of nitrogens with zero attached hydrogens (tertiary/aromatic N) is 5. The Morgan fingerprint density at radius 2 is 1.96 bits per heavy atom. The summed E-state index contributed by atoms with van der Waals surface area (Å²) >= 11 is 0. The summed E-state index contributed by atoms with van der Waals surface area (Å²) in [4.78, 5) is 17.9. The molecule has 126 valence electrons. The number of rotatable bonds is 3. The smallest absolute Gasteiger partial charge is 0.225 e. The van der Waals surface area contributed by atoms with E-state index >= 15 is 0 Å². The summed E-state index contributed by atoms with van der Waals surface area (Å²) in [5.74, 6) is 2.91. The number of guanidine groups is 1. The minimum Gasteiger partial charge on any atom is -0.370 e. The van der Waals surface area contributed by atoms with Crippen molar-refractivity contribution in [2.24, 2.45) is 22.6 Å². The van der Waals surface area contributed by atoms with E-state index in [9.17, 15) is 0 Å². The molecule has 0 amide bonds. The quantitative estimate of drug-likeness (QED) is 0.679. The summed E-state index contributed by atoms with van der Waals surface area (Å²) in [6.07, 6.45) is 8.42. The average molecular weight is 316 g/mol. The second-order valence-corrected chi connectivity index (χ2v) is 6.87. The predicted molar refractivity (Wildman–Crippen MR) is 93.4 cm³/mol. The lowest BCUT2D eigenvalue weighted by molar-refractivity contribution is 0.277. The Labute approximate surface area is 138 Å². The molecule has 1 aromatic heterocycles. The van der Waals surface area contributed by atoms with Crippen molar-refractivity contribution in [3.05, 3.63) is 18.5 Å². The van der Waals surface area contributed by atoms with Crippen LogP contribution in [-0.2, 0) is 0 Å². The molecule has 3 rings (SSSR count). The fourth-order valence-corrected chi connectivity index (χ4v) is 3.41. The molecule has 0 saturated carbocycles. The largest absolute Gasteiger partial charge is 0.370 e. The summed E-state index contributed by atoms with van der Waals surface area (Å²) < 4.78 is 0. The second kappa shape index (κ2) is 7.62. The van der Waals surface area contributed by atoms with Gasteiger partial charge in [-0.1, -0.05) is 6.92 Å². The molecular formula is C17H28N6. The Bertz CT molecular complexity index is 509. The number of aromatic nitrogens is 2. The third-order valence-electron chi connectivity index (χ3n) is 4.97. The van der Waals surface area contributed by atoms with Crippen LogP contribution < -0.4 is 10.6 Å². The highest BCUT2D eigenvalue weighted by molar-refractivity contribution is 5.78. The molecule has 2 saturated heterocycles. The van der Waals surface area contributed by atoms with Crippen molar-refractivity contribution in [3.63, 3.8) is 0 Å². The van der Waals surface area contributed by atoms with Crippen molar-refractivity contribution in [1.29, 1.82) is 0 Å². The summed E-state index contributed by atoms with van der Waals surface area (Å²) in [5, 5.41) is 0. The number of likely N-dealkylation sites (tertiary alicyclic amines) is 1. The van der Waals surface area contributed by atoms with Crippen LogP contribution in [-0.4, -0.2) is 53.6 Å². The zero-order chi connectivity index (χ0) is 16.1. The highest BCUT2D eigenvalue weighted by atomic mass is 15.3. The van der Waals surface area contributed by atoms with Gasteiger partial charge in [-0.15, -0.1) is 0 Å². The second-order valence-electron chi connectivity index (χ2n) is 6.87. The maximum absolute atomic E-state index is 6.19. The first-order chi connectivity index (χ1) is 11.2. The molecular weight excluding hydrogens is 288 g/mol. The normalized spacial score (nSPS) is 24.0. The predicted octanol–water partition coefficient (Wildman–Crippen LogP) is 1.74. The lowest BCUT2D eigenvalue weighted by atomic mass is 9.98. The van der Waals surface area contributed by atoms with Crippen LogP contribution in [0.3, 0.4) is 0 Å². The molecule has 0 bridgehead atoms. The SMILES string of the molecule is CC1CCN(C(N)=NC[C@@H]2CCCN(c3ncccn3)C2)CC1. The maximum atomic E-state index is 6.19. The molecule has 2 aliphatic heterocycles. The van der Waals surface area contributed by atoms with Gasteiger partial charge in [-0.25, -0.2) is 9.97 Å². The Morgan fingerprint density at radius 3 is 2.70 bits per heavy atom. The van der Waals surface area contributed by atoms with Crippen LogP contribution in [0.5, 0.6) is 0 Å². The minimum absolute atomic E-state index is 0.537. The number of anilines is 1. The van der Waals surface area contributed by atoms with Crippen molar-refractivity contribution in [2.45, 2.75) is 32.6 Å². The maximum Gasteiger partial charge on any atom is 0.225 e. The zero-order valence-corrected chi connectivity index (χ0v) is 14.1. The fraction of sp³-hybridized carbons (Fsp3) is 0.706. The van der Waals surface area contributed by atoms with Crippen LogP contribution in [0.2, 0.25) is 0 Å². The zero-order valence-electron chi connectivity index (χ0n) is 14.1. The van der Waals surface area contributed by atoms with E-state index < -0.39 is 0 Å². The van der Waals surface area contributed by atoms with Gasteiger partial charge in [0.1, 0.15) is 0 Å². The molecule has 2 aliphatic rings. The standard InChI is InChI=1S/C17H28N6/c1-14-5-10-22(11-6-14)16(18)21-12-15-4-2-9-23(13-15)17-19-7-3-8-20-17/h3,7-8,14-15H,2,4-6,9-13H2,1H3,(H2,18,21)/t15-/m0/s1. The van der Waals surface area contributed by atoms with Gasteiger partial charge >= 0.3 is 0 Å². The third-order valence-corrected chi connectivity index (χ3v) is 4.97. The summed E-state index contributed by atoms with van der Waals surface area (Å²) in [7, 11) is 0. The van der Waals surface area contributed by atoms with E-state index in [-0.39, 0.29) is 0 Å². The van der Waals surface area contributed by atoms with Crippen LogP contribution in [0.15, 0.2) is 23.5 Å². The number of aliphatic imine (C=N–C) groups is 1. The van der Waals surface area contributed by atoms with E-state index in [2.05, 4.69) is 31.7 Å². The first kappa shape index (κ1) is 16.0. The van der Waals surface area contributed by atoms with Crippen molar-refractivity contribution >= 4 is 11.9 Å². The van der Waals surface area contributed by atoms with Crippen LogP contribution in [0.25, 0.3) is 0 Å². The highest BCUT2D eigenvalue weighted by Gasteiger charge is 2.22. The molecule has 0 spiro atoms. The van der Waals surface area contributed by atoms with E-state index in [0.717, 1.165) is 50.5 Å². The molecule has 0 radical (unpaired) electrons. The van der Waals surface area contributed by atoms with Crippen molar-refractivity contribution in [1.82, 2.24) is 14.9 Å². The van der Waals surface area contributed by atoms with Crippen LogP contribution >= 0.6 is 0 Å². The van der Waals surface area contributed by atoms with Gasteiger partial charge in [0, 0.05) is 45.1 Å². The topological polar surface area (TPSA) is 70.6 Å². The number of nitrogens with two attached hydrogens (primary N) is 1. The molecule has 23 heavy (non-hydrogen) atoms. The lowest BCUT2D eigenvalue weighted by Crippen LogP contribution is -2.43. The monoisotopic (exact) mass is 316 g/mol. The Hall–Kier alpha value is -1.85. The van der Waals surface area contributed by atoms with Crippen molar-refractivity contribution < 1.29 is 0 Å². The average Bonchev–Trinajstić information content (AvgIpc) is 2.61. The number of hydrogen-bond acceptors (Lipinski definition) is 4. The van der Waals surface area contributed by atoms with Gasteiger partial charge in [-0.05, 0) is 43.6 Å². The van der Waals surface area contributed by atoms with E-state index in [1.807, 2.05) is 6.07 Å².